The molecule has 0 bridgehead atoms. The van der Waals surface area contributed by atoms with Gasteiger partial charge in [0.05, 0.1) is 33.3 Å². The first-order chi connectivity index (χ1) is 16.5. The SMILES string of the molecule is COc1ccc(NC(=O)/C=C(\C)c2cc3c(-c4ccccc4)coc3c(C)c2OC)c(OC)c1. The molecule has 4 aromatic rings. The molecule has 0 aliphatic rings. The van der Waals surface area contributed by atoms with Crippen molar-refractivity contribution in [2.75, 3.05) is 26.6 Å². The predicted molar refractivity (Wildman–Crippen MR) is 135 cm³/mol. The molecule has 0 aliphatic heterocycles. The van der Waals surface area contributed by atoms with Crippen LogP contribution in [0.1, 0.15) is 18.1 Å². The van der Waals surface area contributed by atoms with Gasteiger partial charge >= 0.3 is 0 Å². The van der Waals surface area contributed by atoms with Crippen LogP contribution in [0.3, 0.4) is 0 Å². The maximum absolute atomic E-state index is 12.9. The molecule has 3 aromatic carbocycles. The van der Waals surface area contributed by atoms with Gasteiger partial charge in [-0.1, -0.05) is 30.3 Å². The lowest BCUT2D eigenvalue weighted by Crippen LogP contribution is -2.10. The van der Waals surface area contributed by atoms with Crippen molar-refractivity contribution < 1.29 is 23.4 Å². The van der Waals surface area contributed by atoms with Crippen LogP contribution < -0.4 is 19.5 Å². The van der Waals surface area contributed by atoms with Crippen molar-refractivity contribution in [2.24, 2.45) is 0 Å². The fraction of sp³-hybridized carbons (Fsp3) is 0.179. The summed E-state index contributed by atoms with van der Waals surface area (Å²) < 4.78 is 22.2. The Bertz CT molecular complexity index is 1370. The minimum Gasteiger partial charge on any atom is -0.497 e. The van der Waals surface area contributed by atoms with E-state index in [-0.39, 0.29) is 5.91 Å². The number of anilines is 1. The number of allylic oxidation sites excluding steroid dienone is 1. The Kier molecular flexibility index (Phi) is 6.59. The minimum absolute atomic E-state index is 0.281. The summed E-state index contributed by atoms with van der Waals surface area (Å²) in [5, 5.41) is 3.84. The van der Waals surface area contributed by atoms with E-state index in [0.29, 0.717) is 22.9 Å². The molecule has 4 rings (SSSR count). The Morgan fingerprint density at radius 2 is 1.74 bits per heavy atom. The third kappa shape index (κ3) is 4.35. The molecule has 0 atom stereocenters. The lowest BCUT2D eigenvalue weighted by Gasteiger charge is -2.14. The molecular formula is C28H27NO5. The first kappa shape index (κ1) is 23.0. The lowest BCUT2D eigenvalue weighted by atomic mass is 9.96. The van der Waals surface area contributed by atoms with Gasteiger partial charge in [-0.25, -0.2) is 0 Å². The highest BCUT2D eigenvalue weighted by Gasteiger charge is 2.19. The molecule has 6 nitrogen and oxygen atoms in total. The van der Waals surface area contributed by atoms with Gasteiger partial charge in [0.1, 0.15) is 22.8 Å². The van der Waals surface area contributed by atoms with Gasteiger partial charge in [-0.15, -0.1) is 0 Å². The number of methoxy groups -OCH3 is 3. The van der Waals surface area contributed by atoms with Gasteiger partial charge < -0.3 is 23.9 Å². The standard InChI is InChI=1S/C28H27NO5/c1-17(13-26(30)29-24-12-11-20(31-3)14-25(24)32-4)21-15-22-23(19-9-7-6-8-10-19)16-34-28(22)18(2)27(21)33-5/h6-16H,1-5H3,(H,29,30)/b17-13+. The number of ether oxygens (including phenoxy) is 3. The van der Waals surface area contributed by atoms with Crippen molar-refractivity contribution in [3.63, 3.8) is 0 Å². The van der Waals surface area contributed by atoms with E-state index < -0.39 is 0 Å². The summed E-state index contributed by atoms with van der Waals surface area (Å²) in [6.07, 6.45) is 3.31. The zero-order chi connectivity index (χ0) is 24.2. The quantitative estimate of drug-likeness (QED) is 0.322. The Hall–Kier alpha value is -4.19. The zero-order valence-corrected chi connectivity index (χ0v) is 19.9. The van der Waals surface area contributed by atoms with Crippen LogP contribution >= 0.6 is 0 Å². The molecule has 0 unspecified atom stereocenters. The number of nitrogens with one attached hydrogen (secondary N) is 1. The highest BCUT2D eigenvalue weighted by Crippen LogP contribution is 2.40. The first-order valence-corrected chi connectivity index (χ1v) is 10.8. The minimum atomic E-state index is -0.281. The van der Waals surface area contributed by atoms with Gasteiger partial charge in [0.2, 0.25) is 5.91 Å². The molecule has 0 fully saturated rings. The first-order valence-electron chi connectivity index (χ1n) is 10.8. The lowest BCUT2D eigenvalue weighted by molar-refractivity contribution is -0.111. The smallest absolute Gasteiger partial charge is 0.248 e. The molecule has 6 heteroatoms. The van der Waals surface area contributed by atoms with Crippen molar-refractivity contribution in [1.82, 2.24) is 0 Å². The summed E-state index contributed by atoms with van der Waals surface area (Å²) in [5.74, 6) is 1.55. The summed E-state index contributed by atoms with van der Waals surface area (Å²) in [4.78, 5) is 12.9. The van der Waals surface area contributed by atoms with E-state index in [4.69, 9.17) is 18.6 Å². The molecule has 0 saturated heterocycles. The number of carbonyl (C=O) groups is 1. The number of aryl methyl sites for hydroxylation is 1. The summed E-state index contributed by atoms with van der Waals surface area (Å²) in [6, 6.07) is 17.3. The zero-order valence-electron chi connectivity index (χ0n) is 19.9. The second kappa shape index (κ2) is 9.75. The highest BCUT2D eigenvalue weighted by molar-refractivity contribution is 6.06. The molecule has 1 amide bonds. The average molecular weight is 458 g/mol. The van der Waals surface area contributed by atoms with Crippen LogP contribution in [0, 0.1) is 6.92 Å². The summed E-state index contributed by atoms with van der Waals surface area (Å²) in [6.45, 7) is 3.84. The van der Waals surface area contributed by atoms with E-state index in [2.05, 4.69) is 5.32 Å². The van der Waals surface area contributed by atoms with Crippen LogP contribution in [0.5, 0.6) is 17.2 Å². The van der Waals surface area contributed by atoms with Crippen LogP contribution in [0.25, 0.3) is 27.7 Å². The van der Waals surface area contributed by atoms with Crippen molar-refractivity contribution in [3.8, 4) is 28.4 Å². The van der Waals surface area contributed by atoms with Crippen LogP contribution in [0.2, 0.25) is 0 Å². The number of furan rings is 1. The number of amides is 1. The van der Waals surface area contributed by atoms with E-state index >= 15 is 0 Å². The van der Waals surface area contributed by atoms with Gasteiger partial charge in [-0.05, 0) is 43.2 Å². The van der Waals surface area contributed by atoms with Crippen LogP contribution in [-0.4, -0.2) is 27.2 Å². The van der Waals surface area contributed by atoms with Crippen LogP contribution in [-0.2, 0) is 4.79 Å². The largest absolute Gasteiger partial charge is 0.497 e. The molecule has 1 heterocycles. The molecule has 174 valence electrons. The normalized spacial score (nSPS) is 11.4. The number of rotatable bonds is 7. The summed E-state index contributed by atoms with van der Waals surface area (Å²) in [7, 11) is 4.74. The van der Waals surface area contributed by atoms with Gasteiger partial charge in [0.15, 0.2) is 0 Å². The maximum atomic E-state index is 12.9. The maximum Gasteiger partial charge on any atom is 0.248 e. The monoisotopic (exact) mass is 457 g/mol. The third-order valence-corrected chi connectivity index (χ3v) is 5.77. The van der Waals surface area contributed by atoms with E-state index in [9.17, 15) is 4.79 Å². The third-order valence-electron chi connectivity index (χ3n) is 5.77. The second-order valence-electron chi connectivity index (χ2n) is 7.86. The summed E-state index contributed by atoms with van der Waals surface area (Å²) in [5.41, 5.74) is 5.82. The molecule has 1 N–H and O–H groups in total. The van der Waals surface area contributed by atoms with Gasteiger partial charge in [0.25, 0.3) is 0 Å². The Morgan fingerprint density at radius 1 is 0.971 bits per heavy atom. The van der Waals surface area contributed by atoms with Crippen molar-refractivity contribution in [3.05, 3.63) is 78.1 Å². The van der Waals surface area contributed by atoms with Crippen molar-refractivity contribution in [2.45, 2.75) is 13.8 Å². The second-order valence-corrected chi connectivity index (χ2v) is 7.86. The molecule has 34 heavy (non-hydrogen) atoms. The Morgan fingerprint density at radius 3 is 2.41 bits per heavy atom. The topological polar surface area (TPSA) is 69.9 Å². The van der Waals surface area contributed by atoms with E-state index in [1.165, 1.54) is 0 Å². The Balaban J connectivity index is 1.73. The number of benzene rings is 3. The van der Waals surface area contributed by atoms with Gasteiger partial charge in [-0.2, -0.15) is 0 Å². The predicted octanol–water partition coefficient (Wildman–Crippen LogP) is 6.48. The molecular weight excluding hydrogens is 430 g/mol. The van der Waals surface area contributed by atoms with Crippen LogP contribution in [0.4, 0.5) is 5.69 Å². The van der Waals surface area contributed by atoms with E-state index in [1.54, 1.807) is 51.9 Å². The number of hydrogen-bond donors (Lipinski definition) is 1. The molecule has 0 radical (unpaired) electrons. The summed E-state index contributed by atoms with van der Waals surface area (Å²) >= 11 is 0. The highest BCUT2D eigenvalue weighted by atomic mass is 16.5. The Labute approximate surface area is 198 Å². The number of fused-ring (bicyclic) bond motifs is 1. The fourth-order valence-corrected chi connectivity index (χ4v) is 4.06. The van der Waals surface area contributed by atoms with Gasteiger partial charge in [0, 0.05) is 34.2 Å². The van der Waals surface area contributed by atoms with Crippen molar-refractivity contribution >= 4 is 28.1 Å². The fourth-order valence-electron chi connectivity index (χ4n) is 4.06. The molecule has 0 spiro atoms. The molecule has 1 aromatic heterocycles. The number of carbonyl (C=O) groups excluding carboxylic acids is 1. The van der Waals surface area contributed by atoms with Gasteiger partial charge in [-0.3, -0.25) is 4.79 Å². The van der Waals surface area contributed by atoms with Crippen molar-refractivity contribution in [1.29, 1.82) is 0 Å². The van der Waals surface area contributed by atoms with E-state index in [1.807, 2.05) is 50.2 Å². The molecule has 0 saturated carbocycles. The van der Waals surface area contributed by atoms with E-state index in [0.717, 1.165) is 38.8 Å². The molecule has 0 aliphatic carbocycles. The average Bonchev–Trinajstić information content (AvgIpc) is 3.29. The van der Waals surface area contributed by atoms with Crippen LogP contribution in [0.15, 0.2) is 71.4 Å². The number of hydrogen-bond acceptors (Lipinski definition) is 5.